The van der Waals surface area contributed by atoms with Crippen molar-refractivity contribution in [2.45, 2.75) is 26.3 Å². The first-order valence-electron chi connectivity index (χ1n) is 5.00. The normalized spacial score (nSPS) is 11.1. The smallest absolute Gasteiger partial charge is 0.404 e. The van der Waals surface area contributed by atoms with Crippen LogP contribution in [0.5, 0.6) is 0 Å². The number of aliphatic carboxylic acids is 1. The highest BCUT2D eigenvalue weighted by Gasteiger charge is 2.16. The van der Waals surface area contributed by atoms with Crippen LogP contribution >= 0.6 is 0 Å². The van der Waals surface area contributed by atoms with Gasteiger partial charge in [-0.15, -0.1) is 0 Å². The fraction of sp³-hybridized carbons (Fsp3) is 0.600. The average Bonchev–Trinajstić information content (AvgIpc) is 2.23. The Morgan fingerprint density at radius 2 is 2.06 bits per heavy atom. The summed E-state index contributed by atoms with van der Waals surface area (Å²) in [6.07, 6.45) is 1.12. The van der Waals surface area contributed by atoms with Crippen molar-refractivity contribution in [3.63, 3.8) is 0 Å². The molecule has 0 spiro atoms. The van der Waals surface area contributed by atoms with Gasteiger partial charge in [0.05, 0.1) is 0 Å². The molecule has 0 saturated carbocycles. The van der Waals surface area contributed by atoms with Crippen molar-refractivity contribution in [1.82, 2.24) is 5.48 Å². The van der Waals surface area contributed by atoms with E-state index in [0.717, 1.165) is 0 Å². The van der Waals surface area contributed by atoms with Gasteiger partial charge in [0.25, 0.3) is 0 Å². The minimum Gasteiger partial charge on any atom is -0.480 e. The summed E-state index contributed by atoms with van der Waals surface area (Å²) in [5, 5.41) is 16.7. The molecule has 1 amide bonds. The molecule has 0 aromatic carbocycles. The van der Waals surface area contributed by atoms with Gasteiger partial charge in [0.2, 0.25) is 0 Å². The Hall–Kier alpha value is -1.60. The number of hydrogen-bond donors (Lipinski definition) is 4. The van der Waals surface area contributed by atoms with E-state index in [0.29, 0.717) is 6.42 Å². The fourth-order valence-electron chi connectivity index (χ4n) is 0.821. The number of hydrogen-bond acceptors (Lipinski definition) is 5. The predicted octanol–water partition coefficient (Wildman–Crippen LogP) is 0.732. The van der Waals surface area contributed by atoms with Gasteiger partial charge in [0.15, 0.2) is 0 Å². The minimum absolute atomic E-state index is 0.190. The number of carboxylic acids is 1. The first-order valence-corrected chi connectivity index (χ1v) is 5.00. The zero-order valence-electron chi connectivity index (χ0n) is 10.0. The summed E-state index contributed by atoms with van der Waals surface area (Å²) < 4.78 is 4.21. The number of ether oxygens (including phenoxy) is 1. The summed E-state index contributed by atoms with van der Waals surface area (Å²) >= 11 is 0. The van der Waals surface area contributed by atoms with E-state index < -0.39 is 18.1 Å². The van der Waals surface area contributed by atoms with Gasteiger partial charge >= 0.3 is 12.1 Å². The maximum Gasteiger partial charge on any atom is 0.404 e. The van der Waals surface area contributed by atoms with Crippen LogP contribution < -0.4 is 11.2 Å². The second-order valence-electron chi connectivity index (χ2n) is 3.57. The number of nitrogens with two attached hydrogens (primary N) is 1. The van der Waals surface area contributed by atoms with Crippen LogP contribution in [-0.4, -0.2) is 35.0 Å². The molecule has 0 bridgehead atoms. The summed E-state index contributed by atoms with van der Waals surface area (Å²) in [5.41, 5.74) is 6.30. The van der Waals surface area contributed by atoms with Crippen LogP contribution in [0.4, 0.5) is 4.79 Å². The molecule has 0 fully saturated rings. The number of carboxylic acid groups (broad SMARTS) is 1. The van der Waals surface area contributed by atoms with Crippen molar-refractivity contribution in [1.29, 1.82) is 0 Å². The number of rotatable bonds is 6. The lowest BCUT2D eigenvalue weighted by atomic mass is 10.1. The largest absolute Gasteiger partial charge is 0.480 e. The van der Waals surface area contributed by atoms with Crippen LogP contribution in [0.15, 0.2) is 12.7 Å². The van der Waals surface area contributed by atoms with Crippen molar-refractivity contribution >= 4 is 12.1 Å². The van der Waals surface area contributed by atoms with Crippen molar-refractivity contribution in [3.05, 3.63) is 12.7 Å². The van der Waals surface area contributed by atoms with Gasteiger partial charge < -0.3 is 20.8 Å². The molecule has 0 aromatic heterocycles. The van der Waals surface area contributed by atoms with Crippen molar-refractivity contribution in [2.75, 3.05) is 6.61 Å². The van der Waals surface area contributed by atoms with Crippen molar-refractivity contribution in [3.8, 4) is 0 Å². The van der Waals surface area contributed by atoms with E-state index in [9.17, 15) is 9.59 Å². The summed E-state index contributed by atoms with van der Waals surface area (Å²) in [4.78, 5) is 20.0. The van der Waals surface area contributed by atoms with E-state index >= 15 is 0 Å². The third-order valence-electron chi connectivity index (χ3n) is 1.50. The summed E-state index contributed by atoms with van der Waals surface area (Å²) in [6.45, 7) is 7.28. The number of amides is 1. The molecule has 0 saturated heterocycles. The number of carbonyl (C=O) groups excluding carboxylic acids is 1. The lowest BCUT2D eigenvalue weighted by Crippen LogP contribution is -2.35. The van der Waals surface area contributed by atoms with Gasteiger partial charge in [-0.05, 0) is 12.3 Å². The number of hydroxylamine groups is 1. The van der Waals surface area contributed by atoms with Gasteiger partial charge in [-0.2, -0.15) is 5.48 Å². The Balaban J connectivity index is 0. The first kappa shape index (κ1) is 17.8. The summed E-state index contributed by atoms with van der Waals surface area (Å²) in [7, 11) is 0. The minimum atomic E-state index is -1.02. The lowest BCUT2D eigenvalue weighted by Gasteiger charge is -2.11. The van der Waals surface area contributed by atoms with Crippen LogP contribution in [0.3, 0.4) is 0 Å². The Morgan fingerprint density at radius 1 is 1.53 bits per heavy atom. The number of carbonyl (C=O) groups is 2. The summed E-state index contributed by atoms with van der Waals surface area (Å²) in [5.74, 6) is -0.753. The number of nitrogens with one attached hydrogen (secondary N) is 1. The van der Waals surface area contributed by atoms with E-state index in [4.69, 9.17) is 10.3 Å². The molecule has 0 aliphatic heterocycles. The van der Waals surface area contributed by atoms with Gasteiger partial charge in [0, 0.05) is 0 Å². The molecule has 17 heavy (non-hydrogen) atoms. The molecule has 0 aromatic rings. The molecular weight excluding hydrogens is 228 g/mol. The maximum absolute atomic E-state index is 10.2. The SMILES string of the molecule is C=CCOC(N)=O.CC(C)CC(NO)C(=O)O. The molecule has 1 unspecified atom stereocenters. The maximum atomic E-state index is 10.2. The third-order valence-corrected chi connectivity index (χ3v) is 1.50. The van der Waals surface area contributed by atoms with Gasteiger partial charge in [-0.25, -0.2) is 4.79 Å². The number of primary amides is 1. The van der Waals surface area contributed by atoms with Crippen molar-refractivity contribution < 1.29 is 24.6 Å². The Kier molecular flexibility index (Phi) is 11.4. The van der Waals surface area contributed by atoms with Gasteiger partial charge in [-0.1, -0.05) is 26.5 Å². The van der Waals surface area contributed by atoms with E-state index in [1.165, 1.54) is 6.08 Å². The zero-order chi connectivity index (χ0) is 13.8. The van der Waals surface area contributed by atoms with E-state index in [1.54, 1.807) is 5.48 Å². The molecular formula is C10H20N2O5. The monoisotopic (exact) mass is 248 g/mol. The van der Waals surface area contributed by atoms with Crippen LogP contribution in [0.2, 0.25) is 0 Å². The van der Waals surface area contributed by atoms with Crippen LogP contribution in [0, 0.1) is 5.92 Å². The molecule has 0 aliphatic carbocycles. The molecule has 0 aliphatic rings. The third kappa shape index (κ3) is 14.4. The molecule has 7 heteroatoms. The first-order chi connectivity index (χ1) is 7.84. The topological polar surface area (TPSA) is 122 Å². The van der Waals surface area contributed by atoms with E-state index in [2.05, 4.69) is 17.0 Å². The molecule has 100 valence electrons. The lowest BCUT2D eigenvalue weighted by molar-refractivity contribution is -0.142. The zero-order valence-corrected chi connectivity index (χ0v) is 10.0. The highest BCUT2D eigenvalue weighted by atomic mass is 16.5. The van der Waals surface area contributed by atoms with Gasteiger partial charge in [-0.3, -0.25) is 4.79 Å². The standard InChI is InChI=1S/C6H13NO3.C4H7NO2/c1-4(2)3-5(7-10)6(8)9;1-2-3-7-4(5)6/h4-5,7,10H,3H2,1-2H3,(H,8,9);2H,1,3H2,(H2,5,6). The predicted molar refractivity (Wildman–Crippen MR) is 61.5 cm³/mol. The molecule has 1 atom stereocenters. The van der Waals surface area contributed by atoms with E-state index in [1.807, 2.05) is 13.8 Å². The fourth-order valence-corrected chi connectivity index (χ4v) is 0.821. The van der Waals surface area contributed by atoms with Crippen molar-refractivity contribution in [2.24, 2.45) is 11.7 Å². The van der Waals surface area contributed by atoms with Crippen LogP contribution in [-0.2, 0) is 9.53 Å². The molecule has 0 heterocycles. The second-order valence-corrected chi connectivity index (χ2v) is 3.57. The Bertz CT molecular complexity index is 243. The van der Waals surface area contributed by atoms with Crippen LogP contribution in [0.1, 0.15) is 20.3 Å². The van der Waals surface area contributed by atoms with Crippen LogP contribution in [0.25, 0.3) is 0 Å². The quantitative estimate of drug-likeness (QED) is 0.406. The molecule has 7 nitrogen and oxygen atoms in total. The highest BCUT2D eigenvalue weighted by molar-refractivity contribution is 5.73. The highest BCUT2D eigenvalue weighted by Crippen LogP contribution is 2.03. The average molecular weight is 248 g/mol. The molecule has 0 radical (unpaired) electrons. The second kappa shape index (κ2) is 10.9. The molecule has 5 N–H and O–H groups in total. The Labute approximate surface area is 100 Å². The van der Waals surface area contributed by atoms with E-state index in [-0.39, 0.29) is 12.5 Å². The van der Waals surface area contributed by atoms with Gasteiger partial charge in [0.1, 0.15) is 12.6 Å². The molecule has 0 rings (SSSR count). The Morgan fingerprint density at radius 3 is 2.18 bits per heavy atom. The summed E-state index contributed by atoms with van der Waals surface area (Å²) in [6, 6.07) is -0.833.